The van der Waals surface area contributed by atoms with Gasteiger partial charge >= 0.3 is 12.4 Å². The SMILES string of the molecule is CC1(C)CC2CC(CC(O)(C(F)(F)F)C(F)(F)F)C1C2. The topological polar surface area (TPSA) is 20.2 Å². The van der Waals surface area contributed by atoms with Gasteiger partial charge in [-0.1, -0.05) is 13.8 Å². The molecule has 3 atom stereocenters. The number of rotatable bonds is 2. The molecule has 2 fully saturated rings. The van der Waals surface area contributed by atoms with E-state index in [4.69, 9.17) is 0 Å². The summed E-state index contributed by atoms with van der Waals surface area (Å²) in [6, 6.07) is 0. The van der Waals surface area contributed by atoms with E-state index in [1.54, 1.807) is 0 Å². The lowest BCUT2D eigenvalue weighted by Crippen LogP contribution is -2.58. The Morgan fingerprint density at radius 1 is 1.00 bits per heavy atom. The molecule has 7 heteroatoms. The summed E-state index contributed by atoms with van der Waals surface area (Å²) in [5, 5.41) is 9.29. The molecule has 1 N–H and O–H groups in total. The highest BCUT2D eigenvalue weighted by atomic mass is 19.4. The van der Waals surface area contributed by atoms with Crippen LogP contribution < -0.4 is 0 Å². The Hall–Kier alpha value is -0.460. The first-order valence-electron chi connectivity index (χ1n) is 6.64. The van der Waals surface area contributed by atoms with E-state index in [1.165, 1.54) is 0 Å². The lowest BCUT2D eigenvalue weighted by atomic mass is 9.68. The van der Waals surface area contributed by atoms with Crippen LogP contribution in [0.1, 0.15) is 39.5 Å². The Bertz CT molecular complexity index is 369. The summed E-state index contributed by atoms with van der Waals surface area (Å²) in [6.07, 6.45) is -10.8. The van der Waals surface area contributed by atoms with Crippen LogP contribution in [0.2, 0.25) is 0 Å². The average Bonchev–Trinajstić information content (AvgIpc) is 2.68. The Kier molecular flexibility index (Phi) is 3.40. The van der Waals surface area contributed by atoms with Crippen LogP contribution >= 0.6 is 0 Å². The fourth-order valence-corrected chi connectivity index (χ4v) is 4.26. The molecule has 0 aliphatic heterocycles. The van der Waals surface area contributed by atoms with E-state index in [1.807, 2.05) is 13.8 Å². The minimum absolute atomic E-state index is 0.177. The molecule has 2 aliphatic rings. The quantitative estimate of drug-likeness (QED) is 0.754. The zero-order valence-corrected chi connectivity index (χ0v) is 11.3. The normalized spacial score (nSPS) is 33.8. The van der Waals surface area contributed by atoms with Crippen molar-refractivity contribution in [3.05, 3.63) is 0 Å². The Labute approximate surface area is 113 Å². The maximum absolute atomic E-state index is 12.7. The number of alkyl halides is 6. The zero-order valence-electron chi connectivity index (χ0n) is 11.3. The van der Waals surface area contributed by atoms with Gasteiger partial charge in [0.05, 0.1) is 0 Å². The van der Waals surface area contributed by atoms with E-state index in [0.29, 0.717) is 12.8 Å². The number of hydrogen-bond acceptors (Lipinski definition) is 1. The minimum atomic E-state index is -5.70. The van der Waals surface area contributed by atoms with Crippen molar-refractivity contribution in [1.82, 2.24) is 0 Å². The Morgan fingerprint density at radius 2 is 1.50 bits per heavy atom. The highest BCUT2D eigenvalue weighted by Gasteiger charge is 2.71. The van der Waals surface area contributed by atoms with Crippen LogP contribution in [0.3, 0.4) is 0 Å². The predicted octanol–water partition coefficient (Wildman–Crippen LogP) is 4.30. The van der Waals surface area contributed by atoms with E-state index in [0.717, 1.165) is 6.42 Å². The van der Waals surface area contributed by atoms with Gasteiger partial charge in [-0.25, -0.2) is 0 Å². The summed E-state index contributed by atoms with van der Waals surface area (Å²) in [7, 11) is 0. The van der Waals surface area contributed by atoms with Gasteiger partial charge in [0.1, 0.15) is 0 Å². The molecule has 2 saturated carbocycles. The number of fused-ring (bicyclic) bond motifs is 2. The molecule has 3 unspecified atom stereocenters. The van der Waals surface area contributed by atoms with Crippen molar-refractivity contribution in [3.8, 4) is 0 Å². The van der Waals surface area contributed by atoms with Crippen molar-refractivity contribution >= 4 is 0 Å². The van der Waals surface area contributed by atoms with Gasteiger partial charge in [0, 0.05) is 0 Å². The second-order valence-corrected chi connectivity index (χ2v) is 6.96. The highest BCUT2D eigenvalue weighted by molar-refractivity contribution is 5.04. The summed E-state index contributed by atoms with van der Waals surface area (Å²) in [6.45, 7) is 3.76. The van der Waals surface area contributed by atoms with Gasteiger partial charge in [-0.3, -0.25) is 0 Å². The van der Waals surface area contributed by atoms with Gasteiger partial charge in [0.15, 0.2) is 0 Å². The van der Waals surface area contributed by atoms with Crippen molar-refractivity contribution in [2.75, 3.05) is 0 Å². The molecule has 0 amide bonds. The van der Waals surface area contributed by atoms with Crippen LogP contribution in [0.5, 0.6) is 0 Å². The molecule has 0 heterocycles. The molecule has 1 nitrogen and oxygen atoms in total. The second kappa shape index (κ2) is 4.27. The lowest BCUT2D eigenvalue weighted by Gasteiger charge is -2.41. The molecule has 2 bridgehead atoms. The van der Waals surface area contributed by atoms with Crippen molar-refractivity contribution in [2.24, 2.45) is 23.2 Å². The molecule has 0 aromatic heterocycles. The molecule has 0 saturated heterocycles. The van der Waals surface area contributed by atoms with E-state index >= 15 is 0 Å². The summed E-state index contributed by atoms with van der Waals surface area (Å²) in [5.74, 6) is -0.716. The van der Waals surface area contributed by atoms with Crippen LogP contribution in [-0.4, -0.2) is 23.1 Å². The third-order valence-electron chi connectivity index (χ3n) is 5.11. The third kappa shape index (κ3) is 2.31. The number of aliphatic hydroxyl groups is 1. The fourth-order valence-electron chi connectivity index (χ4n) is 4.26. The van der Waals surface area contributed by atoms with Crippen LogP contribution in [0, 0.1) is 23.2 Å². The standard InChI is InChI=1S/C13H18F6O/c1-10(2)5-7-3-8(9(10)4-7)6-11(20,12(14,15)16)13(17,18)19/h7-9,20H,3-6H2,1-2H3. The van der Waals surface area contributed by atoms with Crippen LogP contribution in [0.4, 0.5) is 26.3 Å². The Balaban J connectivity index is 2.23. The molecule has 0 aromatic carbocycles. The average molecular weight is 304 g/mol. The zero-order chi connectivity index (χ0) is 15.6. The molecular weight excluding hydrogens is 286 g/mol. The number of hydrogen-bond donors (Lipinski definition) is 1. The second-order valence-electron chi connectivity index (χ2n) is 6.96. The summed E-state index contributed by atoms with van der Waals surface area (Å²) in [5.41, 5.74) is -4.84. The fraction of sp³-hybridized carbons (Fsp3) is 1.00. The molecule has 0 spiro atoms. The summed E-state index contributed by atoms with van der Waals surface area (Å²) in [4.78, 5) is 0. The van der Waals surface area contributed by atoms with Crippen molar-refractivity contribution in [3.63, 3.8) is 0 Å². The molecule has 0 radical (unpaired) electrons. The van der Waals surface area contributed by atoms with Gasteiger partial charge in [-0.05, 0) is 48.9 Å². The van der Waals surface area contributed by atoms with E-state index in [-0.39, 0.29) is 17.3 Å². The van der Waals surface area contributed by atoms with E-state index in [9.17, 15) is 31.4 Å². The predicted molar refractivity (Wildman–Crippen MR) is 59.8 cm³/mol. The van der Waals surface area contributed by atoms with Crippen molar-refractivity contribution in [1.29, 1.82) is 0 Å². The molecular formula is C13H18F6O. The largest absolute Gasteiger partial charge is 0.426 e. The van der Waals surface area contributed by atoms with Gasteiger partial charge in [-0.15, -0.1) is 0 Å². The van der Waals surface area contributed by atoms with E-state index < -0.39 is 30.3 Å². The monoisotopic (exact) mass is 304 g/mol. The first-order chi connectivity index (χ1) is 8.78. The first kappa shape index (κ1) is 15.9. The number of halogens is 6. The van der Waals surface area contributed by atoms with Gasteiger partial charge < -0.3 is 5.11 Å². The van der Waals surface area contributed by atoms with Gasteiger partial charge in [-0.2, -0.15) is 26.3 Å². The molecule has 2 rings (SSSR count). The van der Waals surface area contributed by atoms with Crippen LogP contribution in [0.15, 0.2) is 0 Å². The summed E-state index contributed by atoms with van der Waals surface area (Å²) >= 11 is 0. The van der Waals surface area contributed by atoms with Crippen molar-refractivity contribution in [2.45, 2.75) is 57.5 Å². The molecule has 2 aliphatic carbocycles. The smallest absolute Gasteiger partial charge is 0.374 e. The van der Waals surface area contributed by atoms with Crippen molar-refractivity contribution < 1.29 is 31.4 Å². The first-order valence-corrected chi connectivity index (χ1v) is 6.64. The minimum Gasteiger partial charge on any atom is -0.374 e. The van der Waals surface area contributed by atoms with Crippen LogP contribution in [-0.2, 0) is 0 Å². The van der Waals surface area contributed by atoms with Gasteiger partial charge in [0.25, 0.3) is 5.60 Å². The third-order valence-corrected chi connectivity index (χ3v) is 5.11. The maximum atomic E-state index is 12.7. The molecule has 0 aromatic rings. The van der Waals surface area contributed by atoms with E-state index in [2.05, 4.69) is 0 Å². The lowest BCUT2D eigenvalue weighted by molar-refractivity contribution is -0.373. The molecule has 118 valence electrons. The van der Waals surface area contributed by atoms with Crippen LogP contribution in [0.25, 0.3) is 0 Å². The molecule has 20 heavy (non-hydrogen) atoms. The highest BCUT2D eigenvalue weighted by Crippen LogP contribution is 2.61. The summed E-state index contributed by atoms with van der Waals surface area (Å²) < 4.78 is 76.3. The van der Waals surface area contributed by atoms with Gasteiger partial charge in [0.2, 0.25) is 0 Å². The maximum Gasteiger partial charge on any atom is 0.426 e. The Morgan fingerprint density at radius 3 is 1.85 bits per heavy atom.